The van der Waals surface area contributed by atoms with Crippen molar-refractivity contribution >= 4 is 17.9 Å². The molecule has 0 heterocycles. The second-order valence-corrected chi connectivity index (χ2v) is 24.1. The van der Waals surface area contributed by atoms with E-state index in [0.717, 1.165) is 77.0 Å². The third kappa shape index (κ3) is 66.3. The van der Waals surface area contributed by atoms with Gasteiger partial charge >= 0.3 is 17.9 Å². The number of hydrogen-bond acceptors (Lipinski definition) is 6. The van der Waals surface area contributed by atoms with Gasteiger partial charge in [-0.15, -0.1) is 0 Å². The standard InChI is InChI=1S/C73H136O6/c1-4-7-10-13-16-19-22-25-27-29-30-31-32-33-34-35-36-37-38-39-40-41-42-43-45-46-48-51-54-57-60-63-66-72(75)78-69-70(68-77-71(74)65-62-59-56-53-50-24-21-18-15-12-9-6-3)79-73(76)67-64-61-58-55-52-49-47-44-28-26-23-20-17-14-11-8-5-2/h17-18,20-21,26,28,70H,4-16,19,22-25,27,29-69H2,1-3H3/b20-17-,21-18-,28-26-. The van der Waals surface area contributed by atoms with Gasteiger partial charge in [0.25, 0.3) is 0 Å². The van der Waals surface area contributed by atoms with Gasteiger partial charge in [-0.3, -0.25) is 14.4 Å². The van der Waals surface area contributed by atoms with Crippen molar-refractivity contribution in [2.24, 2.45) is 0 Å². The first-order valence-corrected chi connectivity index (χ1v) is 35.5. The van der Waals surface area contributed by atoms with Gasteiger partial charge in [0.15, 0.2) is 6.10 Å². The molecule has 0 spiro atoms. The topological polar surface area (TPSA) is 78.9 Å². The molecule has 0 amide bonds. The lowest BCUT2D eigenvalue weighted by atomic mass is 10.0. The molecule has 0 aromatic heterocycles. The lowest BCUT2D eigenvalue weighted by Gasteiger charge is -2.18. The molecule has 0 aliphatic heterocycles. The van der Waals surface area contributed by atoms with Gasteiger partial charge in [-0.1, -0.05) is 333 Å². The maximum Gasteiger partial charge on any atom is 0.306 e. The Labute approximate surface area is 493 Å². The van der Waals surface area contributed by atoms with Gasteiger partial charge in [-0.05, 0) is 77.0 Å². The maximum atomic E-state index is 12.9. The Morgan fingerprint density at radius 3 is 0.734 bits per heavy atom. The normalized spacial score (nSPS) is 12.2. The van der Waals surface area contributed by atoms with Gasteiger partial charge in [-0.25, -0.2) is 0 Å². The highest BCUT2D eigenvalue weighted by Gasteiger charge is 2.19. The molecule has 464 valence electrons. The summed E-state index contributed by atoms with van der Waals surface area (Å²) in [5, 5.41) is 0. The molecule has 0 aromatic rings. The van der Waals surface area contributed by atoms with E-state index in [2.05, 4.69) is 57.2 Å². The van der Waals surface area contributed by atoms with Crippen LogP contribution in [0.5, 0.6) is 0 Å². The molecular formula is C73H136O6. The predicted octanol–water partition coefficient (Wildman–Crippen LogP) is 24.3. The predicted molar refractivity (Wildman–Crippen MR) is 344 cm³/mol. The third-order valence-corrected chi connectivity index (χ3v) is 16.1. The summed E-state index contributed by atoms with van der Waals surface area (Å²) in [7, 11) is 0. The van der Waals surface area contributed by atoms with Crippen LogP contribution in [-0.2, 0) is 28.6 Å². The molecule has 0 radical (unpaired) electrons. The number of carbonyl (C=O) groups excluding carboxylic acids is 3. The molecule has 0 fully saturated rings. The highest BCUT2D eigenvalue weighted by Crippen LogP contribution is 2.19. The summed E-state index contributed by atoms with van der Waals surface area (Å²) in [4.78, 5) is 38.3. The second-order valence-electron chi connectivity index (χ2n) is 24.1. The van der Waals surface area contributed by atoms with Crippen LogP contribution in [0.15, 0.2) is 36.5 Å². The highest BCUT2D eigenvalue weighted by atomic mass is 16.6. The maximum absolute atomic E-state index is 12.9. The minimum atomic E-state index is -0.778. The number of esters is 3. The van der Waals surface area contributed by atoms with Gasteiger partial charge in [-0.2, -0.15) is 0 Å². The lowest BCUT2D eigenvalue weighted by molar-refractivity contribution is -0.167. The molecule has 1 atom stereocenters. The zero-order valence-electron chi connectivity index (χ0n) is 53.4. The number of ether oxygens (including phenoxy) is 3. The van der Waals surface area contributed by atoms with Crippen LogP contribution in [0.4, 0.5) is 0 Å². The fourth-order valence-corrected chi connectivity index (χ4v) is 10.8. The molecule has 0 aromatic carbocycles. The van der Waals surface area contributed by atoms with Crippen molar-refractivity contribution in [1.82, 2.24) is 0 Å². The van der Waals surface area contributed by atoms with Gasteiger partial charge < -0.3 is 14.2 Å². The van der Waals surface area contributed by atoms with Crippen molar-refractivity contribution in [1.29, 1.82) is 0 Å². The summed E-state index contributed by atoms with van der Waals surface area (Å²) in [6.45, 7) is 6.64. The highest BCUT2D eigenvalue weighted by molar-refractivity contribution is 5.71. The summed E-state index contributed by atoms with van der Waals surface area (Å²) in [6, 6.07) is 0. The molecular weight excluding hydrogens is 973 g/mol. The Morgan fingerprint density at radius 1 is 0.253 bits per heavy atom. The Morgan fingerprint density at radius 2 is 0.456 bits per heavy atom. The third-order valence-electron chi connectivity index (χ3n) is 16.1. The molecule has 0 aliphatic carbocycles. The minimum Gasteiger partial charge on any atom is -0.462 e. The van der Waals surface area contributed by atoms with E-state index in [0.29, 0.717) is 19.3 Å². The Kier molecular flexibility index (Phi) is 66.1. The summed E-state index contributed by atoms with van der Waals surface area (Å²) in [5.41, 5.74) is 0. The molecule has 0 saturated carbocycles. The molecule has 0 bridgehead atoms. The van der Waals surface area contributed by atoms with E-state index >= 15 is 0 Å². The van der Waals surface area contributed by atoms with Crippen molar-refractivity contribution in [3.63, 3.8) is 0 Å². The number of allylic oxidation sites excluding steroid dienone is 6. The van der Waals surface area contributed by atoms with Gasteiger partial charge in [0.2, 0.25) is 0 Å². The molecule has 0 saturated heterocycles. The van der Waals surface area contributed by atoms with Gasteiger partial charge in [0.05, 0.1) is 0 Å². The van der Waals surface area contributed by atoms with Crippen molar-refractivity contribution in [3.05, 3.63) is 36.5 Å². The lowest BCUT2D eigenvalue weighted by Crippen LogP contribution is -2.30. The van der Waals surface area contributed by atoms with Crippen LogP contribution in [0.3, 0.4) is 0 Å². The monoisotopic (exact) mass is 1110 g/mol. The molecule has 0 N–H and O–H groups in total. The van der Waals surface area contributed by atoms with E-state index < -0.39 is 6.10 Å². The number of hydrogen-bond donors (Lipinski definition) is 0. The van der Waals surface area contributed by atoms with Crippen molar-refractivity contribution in [2.45, 2.75) is 399 Å². The van der Waals surface area contributed by atoms with Crippen LogP contribution < -0.4 is 0 Å². The SMILES string of the molecule is CCCCC/C=C\C/C=C\CCCCCCCCCC(=O)OC(COC(=O)CCCCCCC/C=C\CCCCC)COC(=O)CCCCCCCCCCCCCCCCCCCCCCCCCCCCCCCCCC. The van der Waals surface area contributed by atoms with E-state index in [1.54, 1.807) is 0 Å². The first kappa shape index (κ1) is 76.6. The Balaban J connectivity index is 4.09. The molecule has 0 rings (SSSR count). The van der Waals surface area contributed by atoms with E-state index in [9.17, 15) is 14.4 Å². The first-order valence-electron chi connectivity index (χ1n) is 35.5. The Hall–Kier alpha value is -2.37. The van der Waals surface area contributed by atoms with E-state index in [1.807, 2.05) is 0 Å². The summed E-state index contributed by atoms with van der Waals surface area (Å²) >= 11 is 0. The average molecular weight is 1110 g/mol. The average Bonchev–Trinajstić information content (AvgIpc) is 3.45. The van der Waals surface area contributed by atoms with Crippen LogP contribution in [0, 0.1) is 0 Å². The molecule has 6 heteroatoms. The van der Waals surface area contributed by atoms with Gasteiger partial charge in [0, 0.05) is 19.3 Å². The van der Waals surface area contributed by atoms with Crippen LogP contribution in [0.2, 0.25) is 0 Å². The van der Waals surface area contributed by atoms with E-state index in [1.165, 1.54) is 276 Å². The summed E-state index contributed by atoms with van der Waals surface area (Å²) in [6.07, 6.45) is 84.8. The van der Waals surface area contributed by atoms with Crippen LogP contribution in [0.1, 0.15) is 393 Å². The summed E-state index contributed by atoms with van der Waals surface area (Å²) in [5.74, 6) is -0.867. The number of carbonyl (C=O) groups is 3. The number of rotatable bonds is 66. The molecule has 0 aliphatic rings. The molecule has 6 nitrogen and oxygen atoms in total. The first-order chi connectivity index (χ1) is 39.0. The molecule has 1 unspecified atom stereocenters. The van der Waals surface area contributed by atoms with Crippen molar-refractivity contribution < 1.29 is 28.6 Å². The van der Waals surface area contributed by atoms with Crippen molar-refractivity contribution in [2.75, 3.05) is 13.2 Å². The quantitative estimate of drug-likeness (QED) is 0.0261. The summed E-state index contributed by atoms with van der Waals surface area (Å²) < 4.78 is 16.9. The zero-order chi connectivity index (χ0) is 57.1. The van der Waals surface area contributed by atoms with Crippen LogP contribution in [0.25, 0.3) is 0 Å². The van der Waals surface area contributed by atoms with Gasteiger partial charge in [0.1, 0.15) is 13.2 Å². The van der Waals surface area contributed by atoms with E-state index in [-0.39, 0.29) is 31.1 Å². The fourth-order valence-electron chi connectivity index (χ4n) is 10.8. The fraction of sp³-hybridized carbons (Fsp3) is 0.877. The minimum absolute atomic E-state index is 0.0739. The number of unbranched alkanes of at least 4 members (excludes halogenated alkanes) is 49. The van der Waals surface area contributed by atoms with Crippen LogP contribution in [-0.4, -0.2) is 37.2 Å². The zero-order valence-corrected chi connectivity index (χ0v) is 53.4. The largest absolute Gasteiger partial charge is 0.462 e. The van der Waals surface area contributed by atoms with Crippen molar-refractivity contribution in [3.8, 4) is 0 Å². The van der Waals surface area contributed by atoms with E-state index in [4.69, 9.17) is 14.2 Å². The smallest absolute Gasteiger partial charge is 0.306 e. The second kappa shape index (κ2) is 68.1. The molecule has 79 heavy (non-hydrogen) atoms. The van der Waals surface area contributed by atoms with Crippen LogP contribution >= 0.6 is 0 Å². The Bertz CT molecular complexity index is 1320.